The lowest BCUT2D eigenvalue weighted by Crippen LogP contribution is -2.58. The van der Waals surface area contributed by atoms with Gasteiger partial charge in [-0.15, -0.1) is 0 Å². The molecule has 0 aromatic rings. The molecule has 0 radical (unpaired) electrons. The molecule has 2 spiro atoms. The van der Waals surface area contributed by atoms with Crippen molar-refractivity contribution >= 4 is 23.5 Å². The van der Waals surface area contributed by atoms with Crippen molar-refractivity contribution in [3.8, 4) is 0 Å². The van der Waals surface area contributed by atoms with E-state index in [-0.39, 0.29) is 140 Å². The molecule has 722 valence electrons. The molecule has 12 heterocycles. The van der Waals surface area contributed by atoms with Crippen molar-refractivity contribution in [1.82, 2.24) is 0 Å². The number of aliphatic hydroxyl groups is 4. The average molecular weight is 1810 g/mol. The first-order valence-corrected chi connectivity index (χ1v) is 47.6. The number of fused-ring (bicyclic) bond motifs is 4. The fraction of sp³-hybridized carbons (Fsp3) is 0.762. The van der Waals surface area contributed by atoms with Crippen molar-refractivity contribution < 1.29 is 134 Å². The van der Waals surface area contributed by atoms with Crippen molar-refractivity contribution in [2.24, 2.45) is 59.2 Å². The summed E-state index contributed by atoms with van der Waals surface area (Å²) in [5.41, 5.74) is 0.258. The minimum atomic E-state index is -1.84. The molecule has 0 saturated carbocycles. The number of carbonyl (C=O) groups excluding carboxylic acids is 4. The topological polar surface area (TPSA) is 334 Å². The largest absolute Gasteiger partial charge is 0.462 e. The summed E-state index contributed by atoms with van der Waals surface area (Å²) in [4.78, 5) is 52.7. The average Bonchev–Trinajstić information content (AvgIpc) is 1.60. The first kappa shape index (κ1) is 101. The van der Waals surface area contributed by atoms with Crippen LogP contribution in [0.5, 0.6) is 0 Å². The SMILES string of the molecule is CC[C@H](C)[C@H]1OC2(C=C[C@@H]1C)C[C@@H]1C[C@@H](C/C=C(\C)[C@@H](O[C@H]3C[C@H](OC)[C@@H](O[C@H]4C[C@H](OC)[C@@H](CC(C)=O)[C@H](C)O4)[C@H](C)O3)[C@@H](C)/C=C/C=C3\CO[C@@H]4[C@H](O)C(C)=C[C@@H](C(=O)O1)[C@]34O)O2.CO[C@H]1C[C@H](O[C@H]2[C@H](C)O[C@@H](O[C@@H]3/C(C)=C/C[C@@H]4C[C@@H](CC5(C=C[C@H](C)[C@@H](C(C)C)O5)O4)OC(=O)[C@@H]4C=C(C)[C@@H](O)[C@H]5OC/C(=C\C=C\[C@@H]3C)[C@]54O)C[C@@H]2OC)O[C@@H](C)[C@@H]1CC(C)=O. The van der Waals surface area contributed by atoms with Crippen LogP contribution < -0.4 is 0 Å². The molecule has 4 bridgehead atoms. The van der Waals surface area contributed by atoms with Gasteiger partial charge in [0.25, 0.3) is 0 Å². The van der Waals surface area contributed by atoms with Gasteiger partial charge in [-0.3, -0.25) is 9.59 Å². The number of aliphatic hydroxyl groups excluding tert-OH is 2. The quantitative estimate of drug-likeness (QED) is 0.0689. The van der Waals surface area contributed by atoms with Crippen molar-refractivity contribution in [2.75, 3.05) is 41.7 Å². The first-order valence-electron chi connectivity index (χ1n) is 47.6. The highest BCUT2D eigenvalue weighted by Gasteiger charge is 2.63. The van der Waals surface area contributed by atoms with E-state index in [9.17, 15) is 39.6 Å². The number of hydrogen-bond acceptors (Lipinski definition) is 28. The highest BCUT2D eigenvalue weighted by atomic mass is 16.8. The van der Waals surface area contributed by atoms with Gasteiger partial charge in [-0.1, -0.05) is 135 Å². The number of ketones is 2. The van der Waals surface area contributed by atoms with Crippen LogP contribution in [0.4, 0.5) is 0 Å². The Labute approximate surface area is 763 Å². The molecule has 4 N–H and O–H groups in total. The van der Waals surface area contributed by atoms with Crippen LogP contribution in [0.3, 0.4) is 0 Å². The fourth-order valence-electron chi connectivity index (χ4n) is 22.4. The van der Waals surface area contributed by atoms with Gasteiger partial charge in [0.15, 0.2) is 36.7 Å². The van der Waals surface area contributed by atoms with Crippen LogP contribution in [-0.4, -0.2) is 268 Å². The maximum atomic E-state index is 14.4. The number of hydrogen-bond donors (Lipinski definition) is 4. The molecule has 28 heteroatoms. The number of carbonyl (C=O) groups is 4. The Morgan fingerprint density at radius 2 is 0.845 bits per heavy atom. The second-order valence-electron chi connectivity index (χ2n) is 39.9. The van der Waals surface area contributed by atoms with Gasteiger partial charge >= 0.3 is 11.9 Å². The zero-order chi connectivity index (χ0) is 93.2. The standard InChI is InChI=1S/C51H76O14.C50H74O14/c1-12-27(2)46-30(5)18-19-50(65-46)25-37-22-36(64-50)17-16-29(4)45(28(3)14-13-15-35-26-58-48-44(53)31(6)20-39(49(54)61-37)51(35,48)55)62-43-24-41(57-11)47(34(9)60-43)63-42-23-40(56-10)38(21-32(7)52)33(8)59-42;1-26(2)44-29(5)17-18-49(64-44)24-36-21-35(63-49)16-15-28(4)45(27(3)13-12-14-34-25-57-47-43(52)30(6)19-38(48(53)60-36)50(34,47)54)61-42-23-40(56-11)46(33(9)59-42)62-41-22-39(55-10)37(20-31(7)51)32(8)58-41/h13-16,18-20,27-28,30,33-34,36-48,53,55H,12,17,21-26H2,1-11H3;12-15,17-19,26-27,29,32-33,35-47,52,54H,16,20-25H2,1-11H3/b14-13+,29-16+,35-15+;13-12+,28-15+,34-14+/t27-,28-,30-,33-,34-,36+,37-,38-,39-,40-,41-,42-,43-,44+,45-,46+,47-,48+,50?,51+;27-,29-,32-,33-,35+,36-,37-,38-,39-,40-,41-,42-,43+,44+,45-,46-,47+,49?,50+/m00/s1. The van der Waals surface area contributed by atoms with Gasteiger partial charge in [0.1, 0.15) is 83.4 Å². The lowest BCUT2D eigenvalue weighted by atomic mass is 9.71. The summed E-state index contributed by atoms with van der Waals surface area (Å²) in [6.45, 7) is 35.6. The van der Waals surface area contributed by atoms with E-state index >= 15 is 0 Å². The Bertz CT molecular complexity index is 4180. The smallest absolute Gasteiger partial charge is 0.316 e. The molecule has 8 fully saturated rings. The number of rotatable bonds is 19. The minimum absolute atomic E-state index is 0.0297. The molecule has 39 atom stereocenters. The van der Waals surface area contributed by atoms with Gasteiger partial charge in [0.05, 0.1) is 98.7 Å². The van der Waals surface area contributed by atoms with Gasteiger partial charge in [0.2, 0.25) is 0 Å². The normalized spacial score (nSPS) is 47.4. The number of allylic oxidation sites excluding steroid dienone is 4. The summed E-state index contributed by atoms with van der Waals surface area (Å²) in [6, 6.07) is 0. The summed E-state index contributed by atoms with van der Waals surface area (Å²) in [5, 5.41) is 47.5. The van der Waals surface area contributed by atoms with E-state index in [2.05, 4.69) is 79.7 Å². The maximum absolute atomic E-state index is 14.4. The van der Waals surface area contributed by atoms with Gasteiger partial charge in [-0.2, -0.15) is 0 Å². The van der Waals surface area contributed by atoms with Crippen LogP contribution in [0.2, 0.25) is 0 Å². The van der Waals surface area contributed by atoms with E-state index in [4.69, 9.17) is 94.7 Å². The molecule has 129 heavy (non-hydrogen) atoms. The molecule has 2 aliphatic carbocycles. The lowest BCUT2D eigenvalue weighted by molar-refractivity contribution is -0.315. The molecule has 28 nitrogen and oxygen atoms in total. The Kier molecular flexibility index (Phi) is 33.8. The number of ether oxygens (including phenoxy) is 20. The monoisotopic (exact) mass is 1810 g/mol. The van der Waals surface area contributed by atoms with Crippen molar-refractivity contribution in [1.29, 1.82) is 0 Å². The summed E-state index contributed by atoms with van der Waals surface area (Å²) in [7, 11) is 6.64. The molecular formula is C101H150O28. The molecular weight excluding hydrogens is 1660 g/mol. The van der Waals surface area contributed by atoms with Gasteiger partial charge in [-0.25, -0.2) is 0 Å². The molecule has 14 aliphatic rings. The third-order valence-corrected chi connectivity index (χ3v) is 29.9. The minimum Gasteiger partial charge on any atom is -0.462 e. The number of methoxy groups -OCH3 is 4. The van der Waals surface area contributed by atoms with E-state index in [1.54, 1.807) is 80.4 Å². The molecule has 14 rings (SSSR count). The number of esters is 2. The van der Waals surface area contributed by atoms with Crippen LogP contribution in [0, 0.1) is 59.2 Å². The van der Waals surface area contributed by atoms with Gasteiger partial charge < -0.3 is 125 Å². The summed E-state index contributed by atoms with van der Waals surface area (Å²) >= 11 is 0. The molecule has 0 aromatic heterocycles. The predicted molar refractivity (Wildman–Crippen MR) is 476 cm³/mol. The zero-order valence-corrected chi connectivity index (χ0v) is 80.1. The third kappa shape index (κ3) is 22.4. The molecule has 8 saturated heterocycles. The third-order valence-electron chi connectivity index (χ3n) is 29.9. The van der Waals surface area contributed by atoms with E-state index in [0.717, 1.165) is 17.6 Å². The first-order chi connectivity index (χ1) is 61.2. The summed E-state index contributed by atoms with van der Waals surface area (Å²) in [5.74, 6) is -5.16. The molecule has 12 aliphatic heterocycles. The van der Waals surface area contributed by atoms with Crippen molar-refractivity contribution in [3.63, 3.8) is 0 Å². The van der Waals surface area contributed by atoms with E-state index in [1.165, 1.54) is 0 Å². The van der Waals surface area contributed by atoms with Crippen molar-refractivity contribution in [3.05, 3.63) is 119 Å². The van der Waals surface area contributed by atoms with E-state index in [0.29, 0.717) is 92.9 Å². The van der Waals surface area contributed by atoms with Crippen molar-refractivity contribution in [2.45, 2.75) is 390 Å². The molecule has 0 aromatic carbocycles. The maximum Gasteiger partial charge on any atom is 0.316 e. The predicted octanol–water partition coefficient (Wildman–Crippen LogP) is 12.8. The second-order valence-corrected chi connectivity index (χ2v) is 39.9. The van der Waals surface area contributed by atoms with Crippen LogP contribution in [-0.2, 0) is 114 Å². The van der Waals surface area contributed by atoms with E-state index in [1.807, 2.05) is 78.0 Å². The highest BCUT2D eigenvalue weighted by Crippen LogP contribution is 2.51. The van der Waals surface area contributed by atoms with Gasteiger partial charge in [0, 0.05) is 128 Å². The highest BCUT2D eigenvalue weighted by molar-refractivity contribution is 5.80. The summed E-state index contributed by atoms with van der Waals surface area (Å²) in [6.07, 6.45) is 19.6. The van der Waals surface area contributed by atoms with Crippen LogP contribution in [0.25, 0.3) is 0 Å². The summed E-state index contributed by atoms with van der Waals surface area (Å²) < 4.78 is 129. The Morgan fingerprint density at radius 1 is 0.473 bits per heavy atom. The molecule has 0 amide bonds. The van der Waals surface area contributed by atoms with Crippen LogP contribution in [0.1, 0.15) is 208 Å². The Morgan fingerprint density at radius 3 is 1.22 bits per heavy atom. The Balaban J connectivity index is 0.000000220. The second kappa shape index (κ2) is 43.0. The number of Topliss-reactive ketones (excluding diaryl/α,β-unsaturated/α-hetero) is 2. The Hall–Kier alpha value is -5.20. The van der Waals surface area contributed by atoms with Crippen LogP contribution in [0.15, 0.2) is 119 Å². The van der Waals surface area contributed by atoms with E-state index < -0.39 is 145 Å². The van der Waals surface area contributed by atoms with Crippen LogP contribution >= 0.6 is 0 Å². The molecule has 2 unspecified atom stereocenters. The lowest BCUT2D eigenvalue weighted by Gasteiger charge is -2.48. The zero-order valence-electron chi connectivity index (χ0n) is 80.1. The van der Waals surface area contributed by atoms with Gasteiger partial charge in [-0.05, 0) is 140 Å². The fourth-order valence-corrected chi connectivity index (χ4v) is 22.4.